The summed E-state index contributed by atoms with van der Waals surface area (Å²) >= 11 is 2.22. The van der Waals surface area contributed by atoms with Crippen LogP contribution in [0.1, 0.15) is 37.4 Å². The van der Waals surface area contributed by atoms with Crippen LogP contribution in [0.4, 0.5) is 0 Å². The predicted octanol–water partition coefficient (Wildman–Crippen LogP) is 4.22. The summed E-state index contributed by atoms with van der Waals surface area (Å²) < 4.78 is 12.3. The fourth-order valence-corrected chi connectivity index (χ4v) is 4.81. The smallest absolute Gasteiger partial charge is 0.295 e. The van der Waals surface area contributed by atoms with Gasteiger partial charge in [-0.25, -0.2) is 0 Å². The van der Waals surface area contributed by atoms with Crippen LogP contribution in [0, 0.1) is 3.57 Å². The molecule has 0 saturated carbocycles. The fourth-order valence-electron chi connectivity index (χ4n) is 4.45. The number of ketones is 1. The molecule has 34 heavy (non-hydrogen) atoms. The van der Waals surface area contributed by atoms with E-state index in [1.54, 1.807) is 23.1 Å². The van der Waals surface area contributed by atoms with E-state index in [-0.39, 0.29) is 11.3 Å². The van der Waals surface area contributed by atoms with Gasteiger partial charge in [-0.1, -0.05) is 26.0 Å². The highest BCUT2D eigenvalue weighted by molar-refractivity contribution is 14.1. The molecule has 0 aromatic heterocycles. The molecule has 2 aliphatic heterocycles. The summed E-state index contributed by atoms with van der Waals surface area (Å²) in [5.41, 5.74) is 1.31. The number of hydrogen-bond acceptors (Lipinski definition) is 6. The van der Waals surface area contributed by atoms with Gasteiger partial charge in [0.2, 0.25) is 0 Å². The summed E-state index contributed by atoms with van der Waals surface area (Å²) in [6.45, 7) is 8.21. The van der Waals surface area contributed by atoms with Crippen LogP contribution in [0.15, 0.2) is 48.0 Å². The Labute approximate surface area is 213 Å². The molecule has 1 fully saturated rings. The standard InChI is InChI=1S/C26H29IN2O5/c1-3-28(4-2)12-5-13-29-23(17-6-9-19(27)10-7-17)22(25(31)26(29)32)24(30)18-8-11-20-21(16-18)34-15-14-33-20/h6-11,16,23,30H,3-5,12-15H2,1-2H3/b24-22+. The van der Waals surface area contributed by atoms with E-state index in [4.69, 9.17) is 9.47 Å². The molecule has 1 N–H and O–H groups in total. The van der Waals surface area contributed by atoms with Gasteiger partial charge < -0.3 is 24.4 Å². The van der Waals surface area contributed by atoms with Crippen molar-refractivity contribution in [1.29, 1.82) is 0 Å². The second kappa shape index (κ2) is 10.8. The van der Waals surface area contributed by atoms with Crippen molar-refractivity contribution in [3.05, 3.63) is 62.7 Å². The van der Waals surface area contributed by atoms with Crippen molar-refractivity contribution in [3.8, 4) is 11.5 Å². The Kier molecular flexibility index (Phi) is 7.77. The molecular formula is C26H29IN2O5. The van der Waals surface area contributed by atoms with Crippen LogP contribution >= 0.6 is 22.6 Å². The van der Waals surface area contributed by atoms with Crippen LogP contribution in [-0.4, -0.2) is 66.0 Å². The second-order valence-corrected chi connectivity index (χ2v) is 9.53. The van der Waals surface area contributed by atoms with E-state index >= 15 is 0 Å². The third-order valence-corrected chi connectivity index (χ3v) is 7.03. The zero-order valence-corrected chi connectivity index (χ0v) is 21.6. The first-order chi connectivity index (χ1) is 16.4. The molecule has 1 atom stereocenters. The minimum absolute atomic E-state index is 0.103. The number of benzene rings is 2. The van der Waals surface area contributed by atoms with Gasteiger partial charge in [0, 0.05) is 15.7 Å². The molecule has 0 aliphatic carbocycles. The lowest BCUT2D eigenvalue weighted by molar-refractivity contribution is -0.140. The van der Waals surface area contributed by atoms with Crippen LogP contribution < -0.4 is 9.47 Å². The Bertz CT molecular complexity index is 1090. The maximum atomic E-state index is 13.2. The number of carbonyl (C=O) groups excluding carboxylic acids is 2. The molecule has 2 heterocycles. The number of amides is 1. The second-order valence-electron chi connectivity index (χ2n) is 8.28. The predicted molar refractivity (Wildman–Crippen MR) is 138 cm³/mol. The van der Waals surface area contributed by atoms with Gasteiger partial charge in [-0.3, -0.25) is 9.59 Å². The Morgan fingerprint density at radius 1 is 1.06 bits per heavy atom. The number of carbonyl (C=O) groups is 2. The van der Waals surface area contributed by atoms with Crippen LogP contribution in [-0.2, 0) is 9.59 Å². The molecule has 2 aliphatic rings. The van der Waals surface area contributed by atoms with Gasteiger partial charge in [-0.05, 0) is 84.5 Å². The fraction of sp³-hybridized carbons (Fsp3) is 0.385. The number of halogens is 1. The summed E-state index contributed by atoms with van der Waals surface area (Å²) in [6, 6.07) is 12.1. The average Bonchev–Trinajstić information content (AvgIpc) is 3.11. The molecule has 1 amide bonds. The third-order valence-electron chi connectivity index (χ3n) is 6.31. The van der Waals surface area contributed by atoms with Gasteiger partial charge in [-0.15, -0.1) is 0 Å². The van der Waals surface area contributed by atoms with Gasteiger partial charge in [0.05, 0.1) is 11.6 Å². The summed E-state index contributed by atoms with van der Waals surface area (Å²) in [7, 11) is 0. The maximum absolute atomic E-state index is 13.2. The van der Waals surface area contributed by atoms with Gasteiger partial charge in [0.25, 0.3) is 11.7 Å². The molecule has 8 heteroatoms. The van der Waals surface area contributed by atoms with Crippen LogP contribution in [0.2, 0.25) is 0 Å². The normalized spacial score (nSPS) is 19.2. The highest BCUT2D eigenvalue weighted by Gasteiger charge is 2.45. The van der Waals surface area contributed by atoms with Gasteiger partial charge in [0.1, 0.15) is 19.0 Å². The molecule has 0 spiro atoms. The van der Waals surface area contributed by atoms with Crippen molar-refractivity contribution in [2.75, 3.05) is 39.4 Å². The number of ether oxygens (including phenoxy) is 2. The molecule has 2 aromatic carbocycles. The number of Topliss-reactive ketones (excluding diaryl/α,β-unsaturated/α-hetero) is 1. The Balaban J connectivity index is 1.72. The Hall–Kier alpha value is -2.59. The molecule has 0 bridgehead atoms. The third kappa shape index (κ3) is 4.93. The maximum Gasteiger partial charge on any atom is 0.295 e. The number of aliphatic hydroxyl groups is 1. The Morgan fingerprint density at radius 2 is 1.74 bits per heavy atom. The summed E-state index contributed by atoms with van der Waals surface area (Å²) in [5, 5.41) is 11.3. The van der Waals surface area contributed by atoms with Crippen molar-refractivity contribution in [3.63, 3.8) is 0 Å². The number of hydrogen-bond donors (Lipinski definition) is 1. The average molecular weight is 576 g/mol. The minimum atomic E-state index is -0.668. The van der Waals surface area contributed by atoms with E-state index in [1.165, 1.54) is 0 Å². The van der Waals surface area contributed by atoms with E-state index in [1.807, 2.05) is 24.3 Å². The molecule has 4 rings (SSSR count). The highest BCUT2D eigenvalue weighted by Crippen LogP contribution is 2.41. The molecule has 0 radical (unpaired) electrons. The van der Waals surface area contributed by atoms with Crippen molar-refractivity contribution in [1.82, 2.24) is 9.80 Å². The zero-order valence-electron chi connectivity index (χ0n) is 19.4. The number of likely N-dealkylation sites (tertiary alicyclic amines) is 1. The van der Waals surface area contributed by atoms with Gasteiger partial charge in [0.15, 0.2) is 11.5 Å². The lowest BCUT2D eigenvalue weighted by Gasteiger charge is -2.27. The molecule has 180 valence electrons. The number of fused-ring (bicyclic) bond motifs is 1. The van der Waals surface area contributed by atoms with Gasteiger partial charge >= 0.3 is 0 Å². The van der Waals surface area contributed by atoms with Crippen molar-refractivity contribution in [2.45, 2.75) is 26.3 Å². The van der Waals surface area contributed by atoms with E-state index < -0.39 is 17.7 Å². The van der Waals surface area contributed by atoms with Crippen LogP contribution in [0.25, 0.3) is 5.76 Å². The molecule has 1 unspecified atom stereocenters. The van der Waals surface area contributed by atoms with E-state index in [2.05, 4.69) is 41.3 Å². The quantitative estimate of drug-likeness (QED) is 0.220. The number of aliphatic hydroxyl groups excluding tert-OH is 1. The first-order valence-electron chi connectivity index (χ1n) is 11.6. The topological polar surface area (TPSA) is 79.3 Å². The van der Waals surface area contributed by atoms with Crippen molar-refractivity contribution < 1.29 is 24.2 Å². The number of nitrogens with zero attached hydrogens (tertiary/aromatic N) is 2. The molecular weight excluding hydrogens is 547 g/mol. The Morgan fingerprint density at radius 3 is 2.41 bits per heavy atom. The molecule has 1 saturated heterocycles. The first-order valence-corrected chi connectivity index (χ1v) is 12.7. The van der Waals surface area contributed by atoms with E-state index in [0.29, 0.717) is 36.8 Å². The SMILES string of the molecule is CCN(CC)CCCN1C(=O)C(=O)/C(=C(/O)c2ccc3c(c2)OCCO3)C1c1ccc(I)cc1. The molecule has 7 nitrogen and oxygen atoms in total. The highest BCUT2D eigenvalue weighted by atomic mass is 127. The monoisotopic (exact) mass is 576 g/mol. The number of rotatable bonds is 8. The van der Waals surface area contributed by atoms with Crippen LogP contribution in [0.5, 0.6) is 11.5 Å². The zero-order chi connectivity index (χ0) is 24.2. The van der Waals surface area contributed by atoms with Crippen molar-refractivity contribution in [2.24, 2.45) is 0 Å². The van der Waals surface area contributed by atoms with E-state index in [0.717, 1.165) is 35.2 Å². The van der Waals surface area contributed by atoms with E-state index in [9.17, 15) is 14.7 Å². The summed E-state index contributed by atoms with van der Waals surface area (Å²) in [4.78, 5) is 30.2. The first kappa shape index (κ1) is 24.5. The minimum Gasteiger partial charge on any atom is -0.507 e. The van der Waals surface area contributed by atoms with Crippen LogP contribution in [0.3, 0.4) is 0 Å². The lowest BCUT2D eigenvalue weighted by Crippen LogP contribution is -2.33. The summed E-state index contributed by atoms with van der Waals surface area (Å²) in [5.74, 6) is -0.352. The summed E-state index contributed by atoms with van der Waals surface area (Å²) in [6.07, 6.45) is 0.736. The lowest BCUT2D eigenvalue weighted by atomic mass is 9.95. The molecule has 2 aromatic rings. The largest absolute Gasteiger partial charge is 0.507 e. The van der Waals surface area contributed by atoms with Gasteiger partial charge in [-0.2, -0.15) is 0 Å². The van der Waals surface area contributed by atoms with Crippen molar-refractivity contribution >= 4 is 40.0 Å².